The van der Waals surface area contributed by atoms with E-state index in [1.807, 2.05) is 0 Å². The first kappa shape index (κ1) is 6.55. The van der Waals surface area contributed by atoms with Gasteiger partial charge >= 0.3 is 5.97 Å². The topological polar surface area (TPSA) is 52.3 Å². The lowest BCUT2D eigenvalue weighted by Gasteiger charge is -2.24. The molecule has 0 aromatic carbocycles. The summed E-state index contributed by atoms with van der Waals surface area (Å²) in [4.78, 5) is 10.5. The lowest BCUT2D eigenvalue weighted by molar-refractivity contribution is -0.151. The number of carbonyl (C=O) groups excluding carboxylic acids is 1. The van der Waals surface area contributed by atoms with Crippen LogP contribution in [0.5, 0.6) is 0 Å². The molecule has 52 valence electrons. The van der Waals surface area contributed by atoms with Crippen molar-refractivity contribution in [2.75, 3.05) is 6.54 Å². The fourth-order valence-corrected chi connectivity index (χ4v) is 0.723. The van der Waals surface area contributed by atoms with Gasteiger partial charge in [0.1, 0.15) is 6.10 Å². The lowest BCUT2D eigenvalue weighted by Crippen LogP contribution is -2.28. The van der Waals surface area contributed by atoms with E-state index in [9.17, 15) is 4.79 Å². The monoisotopic (exact) mass is 129 g/mol. The van der Waals surface area contributed by atoms with E-state index in [1.54, 1.807) is 0 Å². The van der Waals surface area contributed by atoms with Crippen molar-refractivity contribution >= 4 is 5.97 Å². The largest absolute Gasteiger partial charge is 0.461 e. The number of ether oxygens (including phenoxy) is 1. The maximum absolute atomic E-state index is 10.5. The van der Waals surface area contributed by atoms with Gasteiger partial charge in [0.2, 0.25) is 0 Å². The van der Waals surface area contributed by atoms with Gasteiger partial charge < -0.3 is 10.5 Å². The Balaban J connectivity index is 2.09. The maximum atomic E-state index is 10.5. The molecule has 0 amide bonds. The molecule has 0 saturated heterocycles. The van der Waals surface area contributed by atoms with E-state index in [0.29, 0.717) is 0 Å². The molecule has 1 aliphatic carbocycles. The minimum Gasteiger partial charge on any atom is -0.461 e. The summed E-state index contributed by atoms with van der Waals surface area (Å²) in [5.74, 6) is -0.278. The van der Waals surface area contributed by atoms with E-state index in [4.69, 9.17) is 10.5 Å². The van der Waals surface area contributed by atoms with Crippen molar-refractivity contribution in [2.24, 2.45) is 5.73 Å². The zero-order chi connectivity index (χ0) is 6.69. The van der Waals surface area contributed by atoms with Gasteiger partial charge in [-0.05, 0) is 19.3 Å². The van der Waals surface area contributed by atoms with Crippen LogP contribution in [0.4, 0.5) is 0 Å². The van der Waals surface area contributed by atoms with Gasteiger partial charge in [0, 0.05) is 0 Å². The van der Waals surface area contributed by atoms with Crippen LogP contribution < -0.4 is 5.73 Å². The number of esters is 1. The molecule has 1 saturated carbocycles. The molecule has 0 aliphatic heterocycles. The SMILES string of the molecule is NCC(=O)OC1CCC1. The Morgan fingerprint density at radius 2 is 2.33 bits per heavy atom. The number of nitrogens with two attached hydrogens (primary N) is 1. The van der Waals surface area contributed by atoms with Gasteiger partial charge in [-0.2, -0.15) is 0 Å². The smallest absolute Gasteiger partial charge is 0.319 e. The van der Waals surface area contributed by atoms with Crippen LogP contribution in [-0.4, -0.2) is 18.6 Å². The first-order valence-electron chi connectivity index (χ1n) is 3.22. The van der Waals surface area contributed by atoms with Crippen molar-refractivity contribution < 1.29 is 9.53 Å². The van der Waals surface area contributed by atoms with Crippen LogP contribution >= 0.6 is 0 Å². The molecular weight excluding hydrogens is 118 g/mol. The average molecular weight is 129 g/mol. The molecule has 1 rings (SSSR count). The Kier molecular flexibility index (Phi) is 2.05. The van der Waals surface area contributed by atoms with Crippen molar-refractivity contribution in [3.8, 4) is 0 Å². The van der Waals surface area contributed by atoms with Crippen LogP contribution in [0, 0.1) is 0 Å². The van der Waals surface area contributed by atoms with Crippen molar-refractivity contribution in [3.05, 3.63) is 0 Å². The third-order valence-electron chi connectivity index (χ3n) is 1.52. The van der Waals surface area contributed by atoms with Crippen molar-refractivity contribution in [2.45, 2.75) is 25.4 Å². The third kappa shape index (κ3) is 1.68. The van der Waals surface area contributed by atoms with Gasteiger partial charge in [0.05, 0.1) is 6.54 Å². The summed E-state index contributed by atoms with van der Waals surface area (Å²) < 4.78 is 4.87. The second kappa shape index (κ2) is 2.82. The van der Waals surface area contributed by atoms with E-state index < -0.39 is 0 Å². The zero-order valence-corrected chi connectivity index (χ0v) is 5.30. The molecule has 0 aromatic rings. The lowest BCUT2D eigenvalue weighted by atomic mass is 9.96. The summed E-state index contributed by atoms with van der Waals surface area (Å²) in [5.41, 5.74) is 5.02. The predicted octanol–water partition coefficient (Wildman–Crippen LogP) is 0.0408. The molecule has 0 radical (unpaired) electrons. The van der Waals surface area contributed by atoms with Gasteiger partial charge in [-0.25, -0.2) is 0 Å². The fraction of sp³-hybridized carbons (Fsp3) is 0.833. The molecular formula is C6H11NO2. The van der Waals surface area contributed by atoms with Crippen molar-refractivity contribution in [1.82, 2.24) is 0 Å². The number of rotatable bonds is 2. The number of hydrogen-bond donors (Lipinski definition) is 1. The molecule has 3 heteroatoms. The molecule has 1 aliphatic rings. The first-order chi connectivity index (χ1) is 4.33. The van der Waals surface area contributed by atoms with E-state index in [1.165, 1.54) is 6.42 Å². The quantitative estimate of drug-likeness (QED) is 0.535. The number of carbonyl (C=O) groups is 1. The van der Waals surface area contributed by atoms with Gasteiger partial charge in [0.25, 0.3) is 0 Å². The van der Waals surface area contributed by atoms with Gasteiger partial charge in [0.15, 0.2) is 0 Å². The predicted molar refractivity (Wildman–Crippen MR) is 32.8 cm³/mol. The van der Waals surface area contributed by atoms with E-state index in [2.05, 4.69) is 0 Å². The van der Waals surface area contributed by atoms with E-state index in [0.717, 1.165) is 12.8 Å². The average Bonchev–Trinajstić information content (AvgIpc) is 1.78. The van der Waals surface area contributed by atoms with Crippen LogP contribution in [0.2, 0.25) is 0 Å². The fourth-order valence-electron chi connectivity index (χ4n) is 0.723. The zero-order valence-electron chi connectivity index (χ0n) is 5.30. The van der Waals surface area contributed by atoms with Crippen LogP contribution in [-0.2, 0) is 9.53 Å². The van der Waals surface area contributed by atoms with Gasteiger partial charge in [-0.15, -0.1) is 0 Å². The van der Waals surface area contributed by atoms with Gasteiger partial charge in [-0.1, -0.05) is 0 Å². The highest BCUT2D eigenvalue weighted by Crippen LogP contribution is 2.21. The highest BCUT2D eigenvalue weighted by atomic mass is 16.5. The summed E-state index contributed by atoms with van der Waals surface area (Å²) in [5, 5.41) is 0. The minimum absolute atomic E-state index is 0.0104. The third-order valence-corrected chi connectivity index (χ3v) is 1.52. The maximum Gasteiger partial charge on any atom is 0.319 e. The summed E-state index contributed by atoms with van der Waals surface area (Å²) in [6.45, 7) is 0.0104. The van der Waals surface area contributed by atoms with Crippen molar-refractivity contribution in [3.63, 3.8) is 0 Å². The standard InChI is InChI=1S/C6H11NO2/c7-4-6(8)9-5-2-1-3-5/h5H,1-4,7H2. The Labute approximate surface area is 54.2 Å². The summed E-state index contributed by atoms with van der Waals surface area (Å²) in [6, 6.07) is 0. The van der Waals surface area contributed by atoms with Crippen LogP contribution in [0.15, 0.2) is 0 Å². The normalized spacial score (nSPS) is 18.8. The molecule has 0 aromatic heterocycles. The second-order valence-electron chi connectivity index (χ2n) is 2.25. The van der Waals surface area contributed by atoms with Crippen LogP contribution in [0.1, 0.15) is 19.3 Å². The Hall–Kier alpha value is -0.570. The van der Waals surface area contributed by atoms with E-state index in [-0.39, 0.29) is 18.6 Å². The molecule has 2 N–H and O–H groups in total. The minimum atomic E-state index is -0.278. The highest BCUT2D eigenvalue weighted by molar-refractivity contribution is 5.71. The van der Waals surface area contributed by atoms with E-state index >= 15 is 0 Å². The molecule has 1 fully saturated rings. The van der Waals surface area contributed by atoms with Gasteiger partial charge in [-0.3, -0.25) is 4.79 Å². The summed E-state index contributed by atoms with van der Waals surface area (Å²) in [7, 11) is 0. The van der Waals surface area contributed by atoms with Crippen LogP contribution in [0.25, 0.3) is 0 Å². The Morgan fingerprint density at radius 3 is 2.67 bits per heavy atom. The summed E-state index contributed by atoms with van der Waals surface area (Å²) in [6.07, 6.45) is 3.40. The molecule has 0 spiro atoms. The molecule has 3 nitrogen and oxygen atoms in total. The Bertz CT molecular complexity index is 110. The molecule has 0 atom stereocenters. The molecule has 0 unspecified atom stereocenters. The first-order valence-corrected chi connectivity index (χ1v) is 3.22. The molecule has 9 heavy (non-hydrogen) atoms. The van der Waals surface area contributed by atoms with Crippen LogP contribution in [0.3, 0.4) is 0 Å². The summed E-state index contributed by atoms with van der Waals surface area (Å²) >= 11 is 0. The second-order valence-corrected chi connectivity index (χ2v) is 2.25. The highest BCUT2D eigenvalue weighted by Gasteiger charge is 2.20. The molecule has 0 bridgehead atoms. The molecule has 0 heterocycles. The number of hydrogen-bond acceptors (Lipinski definition) is 3. The van der Waals surface area contributed by atoms with Crippen molar-refractivity contribution in [1.29, 1.82) is 0 Å². The Morgan fingerprint density at radius 1 is 1.67 bits per heavy atom.